The van der Waals surface area contributed by atoms with E-state index in [1.54, 1.807) is 18.3 Å². The molecule has 0 aromatic carbocycles. The zero-order chi connectivity index (χ0) is 12.4. The standard InChI is InChI=1S/C9H6Cl2N4O2/c10-6-1-2-12-7(3-6)4-14-5-8(11)9(13-14)15(16)17/h1-3,5H,4H2. The summed E-state index contributed by atoms with van der Waals surface area (Å²) < 4.78 is 1.35. The molecule has 0 aliphatic rings. The van der Waals surface area contributed by atoms with Gasteiger partial charge >= 0.3 is 5.82 Å². The molecule has 88 valence electrons. The van der Waals surface area contributed by atoms with Crippen LogP contribution in [0.15, 0.2) is 24.5 Å². The lowest BCUT2D eigenvalue weighted by atomic mass is 10.3. The van der Waals surface area contributed by atoms with Crippen LogP contribution in [0.4, 0.5) is 5.82 Å². The van der Waals surface area contributed by atoms with Crippen molar-refractivity contribution in [1.29, 1.82) is 0 Å². The molecule has 2 aromatic heterocycles. The molecule has 17 heavy (non-hydrogen) atoms. The van der Waals surface area contributed by atoms with Gasteiger partial charge in [0.25, 0.3) is 0 Å². The summed E-state index contributed by atoms with van der Waals surface area (Å²) in [4.78, 5) is 14.0. The van der Waals surface area contributed by atoms with Gasteiger partial charge in [0.1, 0.15) is 6.54 Å². The van der Waals surface area contributed by atoms with E-state index in [1.807, 2.05) is 0 Å². The van der Waals surface area contributed by atoms with Crippen molar-refractivity contribution in [1.82, 2.24) is 14.8 Å². The molecule has 2 heterocycles. The average Bonchev–Trinajstić information content (AvgIpc) is 2.59. The van der Waals surface area contributed by atoms with Crippen molar-refractivity contribution >= 4 is 29.0 Å². The first kappa shape index (κ1) is 11.8. The predicted octanol–water partition coefficient (Wildman–Crippen LogP) is 2.54. The van der Waals surface area contributed by atoms with Crippen LogP contribution in [0.1, 0.15) is 5.69 Å². The molecule has 0 aliphatic heterocycles. The van der Waals surface area contributed by atoms with Gasteiger partial charge in [0.05, 0.1) is 17.0 Å². The second-order valence-electron chi connectivity index (χ2n) is 3.22. The van der Waals surface area contributed by atoms with Gasteiger partial charge in [0.2, 0.25) is 0 Å². The minimum absolute atomic E-state index is 0.00275. The zero-order valence-corrected chi connectivity index (χ0v) is 9.89. The topological polar surface area (TPSA) is 73.8 Å². The molecule has 0 amide bonds. The van der Waals surface area contributed by atoms with Gasteiger partial charge in [0.15, 0.2) is 5.02 Å². The van der Waals surface area contributed by atoms with Gasteiger partial charge in [-0.05, 0) is 17.1 Å². The van der Waals surface area contributed by atoms with E-state index in [9.17, 15) is 10.1 Å². The van der Waals surface area contributed by atoms with Gasteiger partial charge in [-0.15, -0.1) is 0 Å². The fourth-order valence-electron chi connectivity index (χ4n) is 1.29. The second-order valence-corrected chi connectivity index (χ2v) is 4.06. The molecule has 0 saturated heterocycles. The van der Waals surface area contributed by atoms with Crippen LogP contribution in [0.2, 0.25) is 10.0 Å². The first-order chi connectivity index (χ1) is 8.06. The van der Waals surface area contributed by atoms with Gasteiger partial charge in [-0.2, -0.15) is 4.68 Å². The molecule has 0 fully saturated rings. The molecular weight excluding hydrogens is 267 g/mol. The highest BCUT2D eigenvalue weighted by Gasteiger charge is 2.19. The summed E-state index contributed by atoms with van der Waals surface area (Å²) in [7, 11) is 0. The van der Waals surface area contributed by atoms with Gasteiger partial charge < -0.3 is 10.1 Å². The fraction of sp³-hybridized carbons (Fsp3) is 0.111. The van der Waals surface area contributed by atoms with Gasteiger partial charge in [-0.1, -0.05) is 23.2 Å². The van der Waals surface area contributed by atoms with Crippen LogP contribution in [-0.4, -0.2) is 19.7 Å². The molecule has 2 aromatic rings. The smallest absolute Gasteiger partial charge is 0.358 e. The van der Waals surface area contributed by atoms with Crippen LogP contribution >= 0.6 is 23.2 Å². The number of nitrogens with zero attached hydrogens (tertiary/aromatic N) is 4. The number of aromatic nitrogens is 3. The van der Waals surface area contributed by atoms with Crippen molar-refractivity contribution in [3.8, 4) is 0 Å². The molecule has 0 unspecified atom stereocenters. The molecule has 0 bridgehead atoms. The molecule has 0 aliphatic carbocycles. The normalized spacial score (nSPS) is 10.5. The monoisotopic (exact) mass is 272 g/mol. The first-order valence-corrected chi connectivity index (χ1v) is 5.29. The Labute approximate surface area is 106 Å². The average molecular weight is 273 g/mol. The Morgan fingerprint density at radius 1 is 1.47 bits per heavy atom. The van der Waals surface area contributed by atoms with Crippen molar-refractivity contribution < 1.29 is 4.92 Å². The third-order valence-electron chi connectivity index (χ3n) is 1.97. The quantitative estimate of drug-likeness (QED) is 0.636. The number of hydrogen-bond donors (Lipinski definition) is 0. The third-order valence-corrected chi connectivity index (χ3v) is 2.48. The number of halogens is 2. The molecule has 0 radical (unpaired) electrons. The van der Waals surface area contributed by atoms with Crippen LogP contribution in [-0.2, 0) is 6.54 Å². The largest absolute Gasteiger partial charge is 0.408 e. The van der Waals surface area contributed by atoms with Crippen LogP contribution in [0, 0.1) is 10.1 Å². The first-order valence-electron chi connectivity index (χ1n) is 4.54. The van der Waals surface area contributed by atoms with Gasteiger partial charge in [-0.3, -0.25) is 4.98 Å². The van der Waals surface area contributed by atoms with Crippen molar-refractivity contribution in [3.63, 3.8) is 0 Å². The molecule has 0 N–H and O–H groups in total. The minimum Gasteiger partial charge on any atom is -0.358 e. The van der Waals surface area contributed by atoms with Crippen LogP contribution in [0.25, 0.3) is 0 Å². The maximum atomic E-state index is 10.6. The Hall–Kier alpha value is -1.66. The highest BCUT2D eigenvalue weighted by molar-refractivity contribution is 6.32. The van der Waals surface area contributed by atoms with E-state index in [4.69, 9.17) is 23.2 Å². The summed E-state index contributed by atoms with van der Waals surface area (Å²) in [6, 6.07) is 3.30. The molecule has 8 heteroatoms. The summed E-state index contributed by atoms with van der Waals surface area (Å²) in [6.45, 7) is 0.272. The van der Waals surface area contributed by atoms with E-state index in [2.05, 4.69) is 10.1 Å². The highest BCUT2D eigenvalue weighted by atomic mass is 35.5. The number of pyridine rings is 1. The minimum atomic E-state index is -0.635. The van der Waals surface area contributed by atoms with Gasteiger partial charge in [-0.25, -0.2) is 0 Å². The Morgan fingerprint density at radius 3 is 2.82 bits per heavy atom. The lowest BCUT2D eigenvalue weighted by Gasteiger charge is -1.97. The Balaban J connectivity index is 2.25. The number of nitro groups is 1. The third kappa shape index (κ3) is 2.72. The van der Waals surface area contributed by atoms with E-state index in [0.717, 1.165) is 0 Å². The van der Waals surface area contributed by atoms with E-state index < -0.39 is 4.92 Å². The van der Waals surface area contributed by atoms with Crippen molar-refractivity contribution in [2.24, 2.45) is 0 Å². The van der Waals surface area contributed by atoms with Crippen molar-refractivity contribution in [2.75, 3.05) is 0 Å². The van der Waals surface area contributed by atoms with Crippen LogP contribution < -0.4 is 0 Å². The maximum absolute atomic E-state index is 10.6. The van der Waals surface area contributed by atoms with Gasteiger partial charge in [0, 0.05) is 11.2 Å². The van der Waals surface area contributed by atoms with E-state index in [1.165, 1.54) is 10.9 Å². The molecule has 6 nitrogen and oxygen atoms in total. The fourth-order valence-corrected chi connectivity index (χ4v) is 1.69. The summed E-state index contributed by atoms with van der Waals surface area (Å²) in [5.74, 6) is -0.367. The van der Waals surface area contributed by atoms with Crippen LogP contribution in [0.3, 0.4) is 0 Å². The molecular formula is C9H6Cl2N4O2. The van der Waals surface area contributed by atoms with Crippen molar-refractivity contribution in [3.05, 3.63) is 50.4 Å². The summed E-state index contributed by atoms with van der Waals surface area (Å²) >= 11 is 11.5. The lowest BCUT2D eigenvalue weighted by Crippen LogP contribution is -2.02. The zero-order valence-electron chi connectivity index (χ0n) is 8.38. The SMILES string of the molecule is O=[N+]([O-])c1nn(Cc2cc(Cl)ccn2)cc1Cl. The van der Waals surface area contributed by atoms with Crippen LogP contribution in [0.5, 0.6) is 0 Å². The number of rotatable bonds is 3. The van der Waals surface area contributed by atoms with E-state index >= 15 is 0 Å². The van der Waals surface area contributed by atoms with E-state index in [0.29, 0.717) is 10.7 Å². The lowest BCUT2D eigenvalue weighted by molar-refractivity contribution is -0.389. The summed E-state index contributed by atoms with van der Waals surface area (Å²) in [5, 5.41) is 14.8. The second kappa shape index (κ2) is 4.68. The molecule has 0 spiro atoms. The molecule has 0 atom stereocenters. The molecule has 0 saturated carbocycles. The molecule has 2 rings (SSSR count). The Bertz CT molecular complexity index is 570. The summed E-state index contributed by atoms with van der Waals surface area (Å²) in [5.41, 5.74) is 0.645. The predicted molar refractivity (Wildman–Crippen MR) is 62.2 cm³/mol. The Kier molecular flexibility index (Phi) is 3.26. The maximum Gasteiger partial charge on any atom is 0.408 e. The van der Waals surface area contributed by atoms with E-state index in [-0.39, 0.29) is 17.4 Å². The summed E-state index contributed by atoms with van der Waals surface area (Å²) in [6.07, 6.45) is 2.93. The number of hydrogen-bond acceptors (Lipinski definition) is 4. The van der Waals surface area contributed by atoms with Crippen molar-refractivity contribution in [2.45, 2.75) is 6.54 Å². The highest BCUT2D eigenvalue weighted by Crippen LogP contribution is 2.21. The Morgan fingerprint density at radius 2 is 2.24 bits per heavy atom.